The molecule has 0 bridgehead atoms. The first-order chi connectivity index (χ1) is 9.61. The van der Waals surface area contributed by atoms with Crippen molar-refractivity contribution >= 4 is 18.3 Å². The molecule has 2 N–H and O–H groups in total. The van der Waals surface area contributed by atoms with Crippen molar-refractivity contribution in [2.24, 2.45) is 5.73 Å². The van der Waals surface area contributed by atoms with Crippen molar-refractivity contribution < 1.29 is 9.18 Å². The molecular weight excluding hydrogens is 293 g/mol. The highest BCUT2D eigenvalue weighted by atomic mass is 35.5. The van der Waals surface area contributed by atoms with E-state index in [1.165, 1.54) is 6.07 Å². The van der Waals surface area contributed by atoms with E-state index in [4.69, 9.17) is 5.73 Å². The number of nitrogens with two attached hydrogens (primary N) is 1. The zero-order valence-corrected chi connectivity index (χ0v) is 13.1. The summed E-state index contributed by atoms with van der Waals surface area (Å²) in [6.07, 6.45) is 2.15. The number of hydrogen-bond donors (Lipinski definition) is 1. The highest BCUT2D eigenvalue weighted by Crippen LogP contribution is 2.16. The van der Waals surface area contributed by atoms with Gasteiger partial charge in [0.25, 0.3) is 0 Å². The van der Waals surface area contributed by atoms with Crippen molar-refractivity contribution in [3.05, 3.63) is 35.6 Å². The molecule has 1 heterocycles. The van der Waals surface area contributed by atoms with Crippen LogP contribution in [0.3, 0.4) is 0 Å². The molecule has 1 fully saturated rings. The number of amides is 1. The Balaban J connectivity index is 0.00000220. The number of likely N-dealkylation sites (N-methyl/N-ethyl adjacent to an activating group) is 1. The molecule has 1 aromatic rings. The Morgan fingerprint density at radius 3 is 2.86 bits per heavy atom. The van der Waals surface area contributed by atoms with E-state index < -0.39 is 0 Å². The molecule has 1 saturated heterocycles. The molecule has 0 saturated carbocycles. The van der Waals surface area contributed by atoms with E-state index in [1.54, 1.807) is 30.1 Å². The molecule has 1 aliphatic rings. The summed E-state index contributed by atoms with van der Waals surface area (Å²) in [4.78, 5) is 15.9. The molecule has 2 rings (SSSR count). The zero-order chi connectivity index (χ0) is 14.5. The van der Waals surface area contributed by atoms with E-state index in [0.717, 1.165) is 19.4 Å². The monoisotopic (exact) mass is 315 g/mol. The molecule has 4 nitrogen and oxygen atoms in total. The number of carbonyl (C=O) groups excluding carboxylic acids is 1. The second-order valence-corrected chi connectivity index (χ2v) is 5.34. The van der Waals surface area contributed by atoms with Gasteiger partial charge in [0.1, 0.15) is 5.82 Å². The van der Waals surface area contributed by atoms with Crippen LogP contribution in [0.2, 0.25) is 0 Å². The number of halogens is 2. The van der Waals surface area contributed by atoms with Crippen LogP contribution in [0.25, 0.3) is 0 Å². The van der Waals surface area contributed by atoms with Crippen LogP contribution in [0.1, 0.15) is 18.4 Å². The summed E-state index contributed by atoms with van der Waals surface area (Å²) >= 11 is 0. The van der Waals surface area contributed by atoms with Gasteiger partial charge in [0.15, 0.2) is 0 Å². The minimum atomic E-state index is -0.270. The third-order valence-corrected chi connectivity index (χ3v) is 3.90. The lowest BCUT2D eigenvalue weighted by molar-refractivity contribution is -0.131. The minimum absolute atomic E-state index is 0. The van der Waals surface area contributed by atoms with Gasteiger partial charge in [-0.05, 0) is 25.5 Å². The van der Waals surface area contributed by atoms with Gasteiger partial charge in [0.2, 0.25) is 5.91 Å². The van der Waals surface area contributed by atoms with Gasteiger partial charge in [-0.1, -0.05) is 18.2 Å². The Bertz CT molecular complexity index is 472. The van der Waals surface area contributed by atoms with E-state index in [0.29, 0.717) is 31.2 Å². The lowest BCUT2D eigenvalue weighted by atomic mass is 10.2. The third-order valence-electron chi connectivity index (χ3n) is 3.90. The topological polar surface area (TPSA) is 49.6 Å². The van der Waals surface area contributed by atoms with Crippen molar-refractivity contribution in [1.29, 1.82) is 0 Å². The molecule has 6 heteroatoms. The fourth-order valence-corrected chi connectivity index (χ4v) is 2.63. The van der Waals surface area contributed by atoms with Crippen LogP contribution >= 0.6 is 12.4 Å². The molecule has 1 amide bonds. The third kappa shape index (κ3) is 4.66. The van der Waals surface area contributed by atoms with Gasteiger partial charge < -0.3 is 10.6 Å². The van der Waals surface area contributed by atoms with E-state index in [2.05, 4.69) is 4.90 Å². The molecule has 1 aromatic carbocycles. The van der Waals surface area contributed by atoms with Crippen molar-refractivity contribution in [1.82, 2.24) is 9.80 Å². The Morgan fingerprint density at radius 2 is 2.19 bits per heavy atom. The number of carbonyl (C=O) groups is 1. The van der Waals surface area contributed by atoms with E-state index >= 15 is 0 Å². The Hall–Kier alpha value is -1.17. The summed E-state index contributed by atoms with van der Waals surface area (Å²) in [5, 5.41) is 0. The lowest BCUT2D eigenvalue weighted by Crippen LogP contribution is -2.43. The van der Waals surface area contributed by atoms with Gasteiger partial charge in [0.05, 0.1) is 6.54 Å². The second kappa shape index (κ2) is 8.32. The van der Waals surface area contributed by atoms with E-state index in [9.17, 15) is 9.18 Å². The molecule has 0 spiro atoms. The predicted octanol–water partition coefficient (Wildman–Crippen LogP) is 1.63. The number of hydrogen-bond acceptors (Lipinski definition) is 3. The largest absolute Gasteiger partial charge is 0.340 e. The fourth-order valence-electron chi connectivity index (χ4n) is 2.63. The first kappa shape index (κ1) is 17.9. The van der Waals surface area contributed by atoms with Gasteiger partial charge in [0, 0.05) is 31.7 Å². The smallest absolute Gasteiger partial charge is 0.236 e. The summed E-state index contributed by atoms with van der Waals surface area (Å²) in [6, 6.07) is 6.86. The number of benzene rings is 1. The van der Waals surface area contributed by atoms with E-state index in [-0.39, 0.29) is 24.1 Å². The van der Waals surface area contributed by atoms with Crippen molar-refractivity contribution in [3.8, 4) is 0 Å². The minimum Gasteiger partial charge on any atom is -0.340 e. The number of nitrogens with zero attached hydrogens (tertiary/aromatic N) is 2. The summed E-state index contributed by atoms with van der Waals surface area (Å²) in [7, 11) is 1.71. The quantitative estimate of drug-likeness (QED) is 0.898. The van der Waals surface area contributed by atoms with E-state index in [1.807, 2.05) is 0 Å². The van der Waals surface area contributed by atoms with Crippen LogP contribution in [0.4, 0.5) is 4.39 Å². The summed E-state index contributed by atoms with van der Waals surface area (Å²) in [6.45, 7) is 2.17. The molecule has 1 atom stereocenters. The highest BCUT2D eigenvalue weighted by molar-refractivity contribution is 5.85. The maximum atomic E-state index is 13.6. The average molecular weight is 316 g/mol. The zero-order valence-electron chi connectivity index (χ0n) is 12.3. The Kier molecular flexibility index (Phi) is 7.08. The van der Waals surface area contributed by atoms with Crippen LogP contribution < -0.4 is 5.73 Å². The van der Waals surface area contributed by atoms with Gasteiger partial charge >= 0.3 is 0 Å². The average Bonchev–Trinajstić information content (AvgIpc) is 2.88. The number of rotatable bonds is 5. The molecular formula is C15H23ClFN3O. The lowest BCUT2D eigenvalue weighted by Gasteiger charge is -2.25. The molecule has 21 heavy (non-hydrogen) atoms. The van der Waals surface area contributed by atoms with Crippen molar-refractivity contribution in [2.75, 3.05) is 26.7 Å². The molecule has 1 aliphatic heterocycles. The molecule has 118 valence electrons. The van der Waals surface area contributed by atoms with Crippen LogP contribution in [0.5, 0.6) is 0 Å². The van der Waals surface area contributed by atoms with Gasteiger partial charge in [-0.2, -0.15) is 0 Å². The first-order valence-corrected chi connectivity index (χ1v) is 7.03. The normalized spacial score (nSPS) is 18.3. The van der Waals surface area contributed by atoms with Gasteiger partial charge in [-0.3, -0.25) is 9.69 Å². The molecule has 0 aromatic heterocycles. The molecule has 0 radical (unpaired) electrons. The summed E-state index contributed by atoms with van der Waals surface area (Å²) in [5.74, 6) is -0.262. The standard InChI is InChI=1S/C15H22FN3O.ClH/c1-18(10-12-5-2-3-7-14(12)16)15(20)11-19-8-4-6-13(19)9-17;/h2-3,5,7,13H,4,6,8-11,17H2,1H3;1H. The van der Waals surface area contributed by atoms with Crippen LogP contribution in [0, 0.1) is 5.82 Å². The summed E-state index contributed by atoms with van der Waals surface area (Å²) in [5.41, 5.74) is 6.25. The second-order valence-electron chi connectivity index (χ2n) is 5.34. The molecule has 1 unspecified atom stereocenters. The number of likely N-dealkylation sites (tertiary alicyclic amines) is 1. The molecule has 0 aliphatic carbocycles. The predicted molar refractivity (Wildman–Crippen MR) is 83.8 cm³/mol. The van der Waals surface area contributed by atoms with Crippen molar-refractivity contribution in [3.63, 3.8) is 0 Å². The first-order valence-electron chi connectivity index (χ1n) is 7.03. The maximum Gasteiger partial charge on any atom is 0.236 e. The fraction of sp³-hybridized carbons (Fsp3) is 0.533. The van der Waals surface area contributed by atoms with Crippen LogP contribution in [0.15, 0.2) is 24.3 Å². The van der Waals surface area contributed by atoms with Crippen molar-refractivity contribution in [2.45, 2.75) is 25.4 Å². The van der Waals surface area contributed by atoms with Crippen LogP contribution in [-0.2, 0) is 11.3 Å². The Morgan fingerprint density at radius 1 is 1.48 bits per heavy atom. The highest BCUT2D eigenvalue weighted by Gasteiger charge is 2.26. The van der Waals surface area contributed by atoms with Gasteiger partial charge in [-0.15, -0.1) is 12.4 Å². The summed E-state index contributed by atoms with van der Waals surface area (Å²) < 4.78 is 13.6. The van der Waals surface area contributed by atoms with Gasteiger partial charge in [-0.25, -0.2) is 4.39 Å². The maximum absolute atomic E-state index is 13.6. The van der Waals surface area contributed by atoms with Crippen LogP contribution in [-0.4, -0.2) is 48.4 Å². The SMILES string of the molecule is CN(Cc1ccccc1F)C(=O)CN1CCCC1CN.Cl. The Labute approximate surface area is 131 Å².